The molecule has 0 radical (unpaired) electrons. The zero-order chi connectivity index (χ0) is 16.1. The molecule has 0 fully saturated rings. The molecule has 0 unspecified atom stereocenters. The molecule has 2 aromatic carbocycles. The van der Waals surface area contributed by atoms with Crippen molar-refractivity contribution in [1.29, 1.82) is 0 Å². The first-order chi connectivity index (χ1) is 10.5. The molecule has 0 saturated carbocycles. The van der Waals surface area contributed by atoms with Crippen LogP contribution < -0.4 is 10.6 Å². The normalized spacial score (nSPS) is 10.1. The van der Waals surface area contributed by atoms with Crippen LogP contribution in [0.4, 0.5) is 17.1 Å². The van der Waals surface area contributed by atoms with Crippen LogP contribution in [-0.2, 0) is 6.42 Å². The molecule has 0 aliphatic rings. The Bertz CT molecular complexity index is 699. The van der Waals surface area contributed by atoms with Crippen LogP contribution in [0.5, 0.6) is 0 Å². The fraction of sp³-hybridized carbons (Fsp3) is 0.188. The van der Waals surface area contributed by atoms with Gasteiger partial charge in [-0.25, -0.2) is 0 Å². The standard InChI is InChI=1S/C16H17N3O2S/c1-3-12-7-9-13(10-8-12)17-16(22)18-14-5-4-6-15(11(14)2)19(20)21/h4-10H,3H2,1-2H3,(H2,17,18,22). The molecule has 5 nitrogen and oxygen atoms in total. The lowest BCUT2D eigenvalue weighted by Gasteiger charge is -2.12. The molecule has 0 aliphatic heterocycles. The third-order valence-corrected chi connectivity index (χ3v) is 3.57. The summed E-state index contributed by atoms with van der Waals surface area (Å²) in [5.41, 5.74) is 3.37. The number of hydrogen-bond acceptors (Lipinski definition) is 3. The van der Waals surface area contributed by atoms with Crippen LogP contribution in [0.3, 0.4) is 0 Å². The molecule has 22 heavy (non-hydrogen) atoms. The van der Waals surface area contributed by atoms with E-state index in [0.717, 1.165) is 12.1 Å². The van der Waals surface area contributed by atoms with Gasteiger partial charge in [-0.15, -0.1) is 0 Å². The van der Waals surface area contributed by atoms with E-state index in [9.17, 15) is 10.1 Å². The van der Waals surface area contributed by atoms with E-state index >= 15 is 0 Å². The summed E-state index contributed by atoms with van der Waals surface area (Å²) in [5.74, 6) is 0. The SMILES string of the molecule is CCc1ccc(NC(=S)Nc2cccc([N+](=O)[O-])c2C)cc1. The monoisotopic (exact) mass is 315 g/mol. The van der Waals surface area contributed by atoms with Crippen molar-refractivity contribution < 1.29 is 4.92 Å². The van der Waals surface area contributed by atoms with Crippen molar-refractivity contribution >= 4 is 34.4 Å². The highest BCUT2D eigenvalue weighted by molar-refractivity contribution is 7.80. The zero-order valence-corrected chi connectivity index (χ0v) is 13.2. The van der Waals surface area contributed by atoms with Crippen LogP contribution >= 0.6 is 12.2 Å². The van der Waals surface area contributed by atoms with Gasteiger partial charge in [0.15, 0.2) is 5.11 Å². The van der Waals surface area contributed by atoms with Gasteiger partial charge >= 0.3 is 0 Å². The summed E-state index contributed by atoms with van der Waals surface area (Å²) in [6.07, 6.45) is 0.982. The lowest BCUT2D eigenvalue weighted by Crippen LogP contribution is -2.19. The van der Waals surface area contributed by atoms with Crippen molar-refractivity contribution in [3.05, 3.63) is 63.7 Å². The molecule has 0 bridgehead atoms. The van der Waals surface area contributed by atoms with Crippen LogP contribution in [-0.4, -0.2) is 10.0 Å². The summed E-state index contributed by atoms with van der Waals surface area (Å²) in [6.45, 7) is 3.79. The Morgan fingerprint density at radius 3 is 2.45 bits per heavy atom. The molecular formula is C16H17N3O2S. The number of nitro benzene ring substituents is 1. The van der Waals surface area contributed by atoms with Crippen molar-refractivity contribution in [3.8, 4) is 0 Å². The van der Waals surface area contributed by atoms with Crippen LogP contribution in [0.1, 0.15) is 18.1 Å². The highest BCUT2D eigenvalue weighted by atomic mass is 32.1. The third kappa shape index (κ3) is 3.79. The number of benzene rings is 2. The van der Waals surface area contributed by atoms with Gasteiger partial charge in [0.2, 0.25) is 0 Å². The first-order valence-corrected chi connectivity index (χ1v) is 7.33. The lowest BCUT2D eigenvalue weighted by atomic mass is 10.1. The van der Waals surface area contributed by atoms with E-state index in [1.165, 1.54) is 11.6 Å². The molecule has 0 amide bonds. The maximum atomic E-state index is 10.9. The summed E-state index contributed by atoms with van der Waals surface area (Å²) in [7, 11) is 0. The quantitative estimate of drug-likeness (QED) is 0.501. The van der Waals surface area contributed by atoms with Crippen LogP contribution in [0.25, 0.3) is 0 Å². The fourth-order valence-corrected chi connectivity index (χ4v) is 2.29. The summed E-state index contributed by atoms with van der Waals surface area (Å²) in [6, 6.07) is 12.8. The Morgan fingerprint density at radius 2 is 1.86 bits per heavy atom. The molecule has 6 heteroatoms. The van der Waals surface area contributed by atoms with E-state index in [0.29, 0.717) is 16.4 Å². The molecule has 2 N–H and O–H groups in total. The minimum atomic E-state index is -0.402. The smallest absolute Gasteiger partial charge is 0.274 e. The number of nitro groups is 1. The molecule has 0 atom stereocenters. The van der Waals surface area contributed by atoms with Gasteiger partial charge in [0.25, 0.3) is 5.69 Å². The second-order valence-electron chi connectivity index (χ2n) is 4.84. The molecule has 0 aliphatic carbocycles. The Kier molecular flexibility index (Phi) is 5.06. The Labute approximate surface area is 134 Å². The minimum Gasteiger partial charge on any atom is -0.332 e. The summed E-state index contributed by atoms with van der Waals surface area (Å²) >= 11 is 5.26. The average Bonchev–Trinajstić information content (AvgIpc) is 2.50. The largest absolute Gasteiger partial charge is 0.332 e. The Morgan fingerprint density at radius 1 is 1.18 bits per heavy atom. The average molecular weight is 315 g/mol. The maximum Gasteiger partial charge on any atom is 0.274 e. The van der Waals surface area contributed by atoms with Gasteiger partial charge in [0.05, 0.1) is 16.2 Å². The number of thiocarbonyl (C=S) groups is 1. The molecule has 0 heterocycles. The summed E-state index contributed by atoms with van der Waals surface area (Å²) in [5, 5.41) is 17.4. The topological polar surface area (TPSA) is 67.2 Å². The van der Waals surface area contributed by atoms with Gasteiger partial charge in [-0.05, 0) is 49.3 Å². The molecule has 2 aromatic rings. The number of anilines is 2. The lowest BCUT2D eigenvalue weighted by molar-refractivity contribution is -0.385. The first-order valence-electron chi connectivity index (χ1n) is 6.92. The third-order valence-electron chi connectivity index (χ3n) is 3.37. The zero-order valence-electron chi connectivity index (χ0n) is 12.4. The first kappa shape index (κ1) is 15.9. The molecule has 0 aromatic heterocycles. The van der Waals surface area contributed by atoms with E-state index in [1.54, 1.807) is 19.1 Å². The molecule has 2 rings (SSSR count). The molecular weight excluding hydrogens is 298 g/mol. The van der Waals surface area contributed by atoms with E-state index < -0.39 is 4.92 Å². The highest BCUT2D eigenvalue weighted by Crippen LogP contribution is 2.25. The van der Waals surface area contributed by atoms with Crippen molar-refractivity contribution in [1.82, 2.24) is 0 Å². The van der Waals surface area contributed by atoms with Crippen LogP contribution in [0.2, 0.25) is 0 Å². The molecule has 114 valence electrons. The number of aryl methyl sites for hydroxylation is 1. The van der Waals surface area contributed by atoms with Crippen LogP contribution in [0.15, 0.2) is 42.5 Å². The van der Waals surface area contributed by atoms with Gasteiger partial charge < -0.3 is 10.6 Å². The Hall–Kier alpha value is -2.47. The van der Waals surface area contributed by atoms with E-state index in [2.05, 4.69) is 17.6 Å². The number of rotatable bonds is 4. The van der Waals surface area contributed by atoms with Gasteiger partial charge in [0.1, 0.15) is 0 Å². The minimum absolute atomic E-state index is 0.0695. The Balaban J connectivity index is 2.08. The predicted octanol–water partition coefficient (Wildman–Crippen LogP) is 4.27. The summed E-state index contributed by atoms with van der Waals surface area (Å²) in [4.78, 5) is 10.5. The van der Waals surface area contributed by atoms with Crippen LogP contribution in [0, 0.1) is 17.0 Å². The van der Waals surface area contributed by atoms with Crippen molar-refractivity contribution in [3.63, 3.8) is 0 Å². The van der Waals surface area contributed by atoms with E-state index in [1.807, 2.05) is 24.3 Å². The van der Waals surface area contributed by atoms with E-state index in [4.69, 9.17) is 12.2 Å². The van der Waals surface area contributed by atoms with E-state index in [-0.39, 0.29) is 5.69 Å². The van der Waals surface area contributed by atoms with Crippen molar-refractivity contribution in [2.75, 3.05) is 10.6 Å². The van der Waals surface area contributed by atoms with Gasteiger partial charge in [-0.2, -0.15) is 0 Å². The predicted molar refractivity (Wildman–Crippen MR) is 93.5 cm³/mol. The van der Waals surface area contributed by atoms with Crippen molar-refractivity contribution in [2.24, 2.45) is 0 Å². The van der Waals surface area contributed by atoms with Gasteiger partial charge in [0, 0.05) is 11.8 Å². The second-order valence-corrected chi connectivity index (χ2v) is 5.24. The number of nitrogens with zero attached hydrogens (tertiary/aromatic N) is 1. The maximum absolute atomic E-state index is 10.9. The number of nitrogens with one attached hydrogen (secondary N) is 2. The van der Waals surface area contributed by atoms with Gasteiger partial charge in [-0.1, -0.05) is 25.1 Å². The molecule has 0 spiro atoms. The fourth-order valence-electron chi connectivity index (χ4n) is 2.07. The van der Waals surface area contributed by atoms with Gasteiger partial charge in [-0.3, -0.25) is 10.1 Å². The second kappa shape index (κ2) is 7.00. The summed E-state index contributed by atoms with van der Waals surface area (Å²) < 4.78 is 0. The number of hydrogen-bond donors (Lipinski definition) is 2. The highest BCUT2D eigenvalue weighted by Gasteiger charge is 2.13. The molecule has 0 saturated heterocycles. The van der Waals surface area contributed by atoms with Crippen molar-refractivity contribution in [2.45, 2.75) is 20.3 Å².